The molecule has 30 heavy (non-hydrogen) atoms. The normalized spacial score (nSPS) is 18.8. The molecule has 3 aromatic rings. The highest BCUT2D eigenvalue weighted by Gasteiger charge is 2.31. The predicted octanol–water partition coefficient (Wildman–Crippen LogP) is 3.44. The molecular formula is C21H20F3N3O3. The van der Waals surface area contributed by atoms with Crippen LogP contribution in [0.5, 0.6) is 5.75 Å². The summed E-state index contributed by atoms with van der Waals surface area (Å²) in [6.45, 7) is -1.29. The molecule has 1 aliphatic carbocycles. The van der Waals surface area contributed by atoms with Crippen molar-refractivity contribution in [2.45, 2.75) is 25.1 Å². The van der Waals surface area contributed by atoms with Gasteiger partial charge < -0.3 is 19.6 Å². The van der Waals surface area contributed by atoms with Crippen LogP contribution >= 0.6 is 0 Å². The molecule has 158 valence electrons. The fourth-order valence-corrected chi connectivity index (χ4v) is 3.57. The Bertz CT molecular complexity index is 1060. The van der Waals surface area contributed by atoms with E-state index in [9.17, 15) is 18.0 Å². The van der Waals surface area contributed by atoms with E-state index in [0.717, 1.165) is 12.8 Å². The number of aromatic nitrogens is 2. The van der Waals surface area contributed by atoms with Gasteiger partial charge in [0.1, 0.15) is 17.1 Å². The first-order valence-corrected chi connectivity index (χ1v) is 9.52. The third kappa shape index (κ3) is 4.25. The maximum absolute atomic E-state index is 12.6. The number of rotatable bonds is 6. The Morgan fingerprint density at radius 1 is 1.20 bits per heavy atom. The molecule has 0 aliphatic heterocycles. The molecule has 1 fully saturated rings. The number of halogens is 3. The number of amides is 1. The number of aliphatic hydroxyl groups excluding tert-OH is 1. The lowest BCUT2D eigenvalue weighted by Gasteiger charge is -2.34. The van der Waals surface area contributed by atoms with Gasteiger partial charge in [0.25, 0.3) is 5.91 Å². The second-order valence-corrected chi connectivity index (χ2v) is 7.37. The molecule has 1 amide bonds. The maximum atomic E-state index is 12.6. The summed E-state index contributed by atoms with van der Waals surface area (Å²) in [4.78, 5) is 17.0. The highest BCUT2D eigenvalue weighted by Crippen LogP contribution is 2.33. The Morgan fingerprint density at radius 2 is 1.93 bits per heavy atom. The smallest absolute Gasteiger partial charge is 0.422 e. The number of aliphatic hydroxyl groups is 1. The molecule has 9 heteroatoms. The maximum Gasteiger partial charge on any atom is 0.422 e. The van der Waals surface area contributed by atoms with E-state index < -0.39 is 12.8 Å². The first-order chi connectivity index (χ1) is 14.3. The molecule has 4 rings (SSSR count). The van der Waals surface area contributed by atoms with Gasteiger partial charge in [0.15, 0.2) is 6.61 Å². The van der Waals surface area contributed by atoms with Crippen molar-refractivity contribution in [1.29, 1.82) is 0 Å². The zero-order valence-corrected chi connectivity index (χ0v) is 15.9. The van der Waals surface area contributed by atoms with Crippen LogP contribution in [0.4, 0.5) is 13.2 Å². The molecule has 0 spiro atoms. The molecule has 1 aliphatic rings. The molecular weight excluding hydrogens is 399 g/mol. The molecule has 1 aromatic carbocycles. The van der Waals surface area contributed by atoms with Gasteiger partial charge in [0, 0.05) is 36.2 Å². The summed E-state index contributed by atoms with van der Waals surface area (Å²) >= 11 is 0. The Labute approximate surface area is 170 Å². The summed E-state index contributed by atoms with van der Waals surface area (Å²) in [5.41, 5.74) is 1.66. The average molecular weight is 419 g/mol. The van der Waals surface area contributed by atoms with Crippen LogP contribution in [-0.2, 0) is 0 Å². The number of hydrogen-bond acceptors (Lipinski definition) is 4. The van der Waals surface area contributed by atoms with Crippen LogP contribution in [0.15, 0.2) is 48.8 Å². The third-order valence-corrected chi connectivity index (χ3v) is 5.11. The van der Waals surface area contributed by atoms with E-state index in [1.54, 1.807) is 47.1 Å². The number of benzene rings is 1. The van der Waals surface area contributed by atoms with E-state index in [1.807, 2.05) is 0 Å². The molecule has 2 aromatic heterocycles. The first-order valence-electron chi connectivity index (χ1n) is 9.52. The van der Waals surface area contributed by atoms with Gasteiger partial charge in [-0.1, -0.05) is 18.2 Å². The first kappa shape index (κ1) is 20.2. The van der Waals surface area contributed by atoms with E-state index in [1.165, 1.54) is 6.07 Å². The van der Waals surface area contributed by atoms with E-state index >= 15 is 0 Å². The second-order valence-electron chi connectivity index (χ2n) is 7.37. The second kappa shape index (κ2) is 7.98. The summed E-state index contributed by atoms with van der Waals surface area (Å²) in [5.74, 6) is -0.0229. The molecule has 6 nitrogen and oxygen atoms in total. The van der Waals surface area contributed by atoms with Crippen molar-refractivity contribution in [2.75, 3.05) is 13.2 Å². The molecule has 0 unspecified atom stereocenters. The number of nitrogens with zero attached hydrogens (tertiary/aromatic N) is 2. The molecule has 2 N–H and O–H groups in total. The van der Waals surface area contributed by atoms with Gasteiger partial charge in [-0.3, -0.25) is 4.79 Å². The number of carbonyl (C=O) groups is 1. The molecule has 0 saturated heterocycles. The van der Waals surface area contributed by atoms with Crippen molar-refractivity contribution < 1.29 is 27.8 Å². The lowest BCUT2D eigenvalue weighted by atomic mass is 9.81. The van der Waals surface area contributed by atoms with Crippen molar-refractivity contribution in [3.8, 4) is 16.9 Å². The van der Waals surface area contributed by atoms with Crippen LogP contribution in [0.1, 0.15) is 23.3 Å². The number of ether oxygens (including phenoxy) is 1. The van der Waals surface area contributed by atoms with Crippen LogP contribution < -0.4 is 10.1 Å². The molecule has 2 heterocycles. The van der Waals surface area contributed by atoms with Crippen molar-refractivity contribution in [1.82, 2.24) is 14.7 Å². The van der Waals surface area contributed by atoms with Crippen LogP contribution in [0.25, 0.3) is 16.8 Å². The van der Waals surface area contributed by atoms with Crippen molar-refractivity contribution in [2.24, 2.45) is 5.92 Å². The van der Waals surface area contributed by atoms with Crippen LogP contribution in [0.3, 0.4) is 0 Å². The number of pyridine rings is 1. The number of nitrogens with one attached hydrogen (secondary N) is 1. The Morgan fingerprint density at radius 3 is 2.67 bits per heavy atom. The molecule has 0 bridgehead atoms. The standard InChI is InChI=1S/C21H20F3N3O3/c22-21(23,24)12-30-18-6-2-1-4-15(18)16-5-3-7-27-10-17(26-19(16)27)20(29)25-14-8-13(9-14)11-28/h1-7,10,13-14,28H,8-9,11-12H2,(H,25,29). The minimum Gasteiger partial charge on any atom is -0.483 e. The third-order valence-electron chi connectivity index (χ3n) is 5.11. The Balaban J connectivity index is 1.61. The van der Waals surface area contributed by atoms with E-state index in [-0.39, 0.29) is 35.9 Å². The number of alkyl halides is 3. The van der Waals surface area contributed by atoms with Gasteiger partial charge in [-0.15, -0.1) is 0 Å². The van der Waals surface area contributed by atoms with Crippen LogP contribution in [0.2, 0.25) is 0 Å². The largest absolute Gasteiger partial charge is 0.483 e. The van der Waals surface area contributed by atoms with Gasteiger partial charge in [-0.25, -0.2) is 4.98 Å². The highest BCUT2D eigenvalue weighted by atomic mass is 19.4. The quantitative estimate of drug-likeness (QED) is 0.642. The minimum atomic E-state index is -4.45. The number of imidazole rings is 1. The van der Waals surface area contributed by atoms with E-state index in [4.69, 9.17) is 9.84 Å². The van der Waals surface area contributed by atoms with Crippen LogP contribution in [-0.4, -0.2) is 45.8 Å². The summed E-state index contributed by atoms with van der Waals surface area (Å²) < 4.78 is 44.5. The van der Waals surface area contributed by atoms with Gasteiger partial charge in [0.2, 0.25) is 0 Å². The SMILES string of the molecule is O=C(NC1CC(CO)C1)c1cn2cccc(-c3ccccc3OCC(F)(F)F)c2n1. The van der Waals surface area contributed by atoms with Crippen LogP contribution in [0, 0.1) is 5.92 Å². The van der Waals surface area contributed by atoms with Gasteiger partial charge in [0.05, 0.1) is 0 Å². The fraction of sp³-hybridized carbons (Fsp3) is 0.333. The minimum absolute atomic E-state index is 0.00965. The lowest BCUT2D eigenvalue weighted by molar-refractivity contribution is -0.153. The van der Waals surface area contributed by atoms with Gasteiger partial charge >= 0.3 is 6.18 Å². The van der Waals surface area contributed by atoms with E-state index in [0.29, 0.717) is 16.8 Å². The summed E-state index contributed by atoms with van der Waals surface area (Å²) in [6, 6.07) is 9.87. The topological polar surface area (TPSA) is 75.9 Å². The lowest BCUT2D eigenvalue weighted by Crippen LogP contribution is -2.45. The van der Waals surface area contributed by atoms with E-state index in [2.05, 4.69) is 10.3 Å². The molecule has 1 saturated carbocycles. The number of carbonyl (C=O) groups excluding carboxylic acids is 1. The zero-order chi connectivity index (χ0) is 21.3. The summed E-state index contributed by atoms with van der Waals surface area (Å²) in [7, 11) is 0. The monoisotopic (exact) mass is 419 g/mol. The average Bonchev–Trinajstić information content (AvgIpc) is 3.13. The fourth-order valence-electron chi connectivity index (χ4n) is 3.57. The van der Waals surface area contributed by atoms with Crippen molar-refractivity contribution in [3.05, 3.63) is 54.5 Å². The summed E-state index contributed by atoms with van der Waals surface area (Å²) in [5, 5.41) is 12.0. The van der Waals surface area contributed by atoms with Gasteiger partial charge in [-0.05, 0) is 37.0 Å². The number of para-hydroxylation sites is 1. The highest BCUT2D eigenvalue weighted by molar-refractivity contribution is 5.94. The Kier molecular flexibility index (Phi) is 5.38. The van der Waals surface area contributed by atoms with Crippen molar-refractivity contribution in [3.63, 3.8) is 0 Å². The number of fused-ring (bicyclic) bond motifs is 1. The zero-order valence-electron chi connectivity index (χ0n) is 15.9. The molecule has 0 atom stereocenters. The van der Waals surface area contributed by atoms with Crippen molar-refractivity contribution >= 4 is 11.6 Å². The van der Waals surface area contributed by atoms with Gasteiger partial charge in [-0.2, -0.15) is 13.2 Å². The molecule has 0 radical (unpaired) electrons. The Hall–Kier alpha value is -3.07. The summed E-state index contributed by atoms with van der Waals surface area (Å²) in [6.07, 6.45) is 0.298. The predicted molar refractivity (Wildman–Crippen MR) is 103 cm³/mol. The number of hydrogen-bond donors (Lipinski definition) is 2.